The fraction of sp³-hybridized carbons (Fsp3) is 0. The van der Waals surface area contributed by atoms with Crippen molar-refractivity contribution in [2.45, 2.75) is 0 Å². The van der Waals surface area contributed by atoms with Crippen LogP contribution in [-0.2, 0) is 0 Å². The maximum atomic E-state index is 2.44. The van der Waals surface area contributed by atoms with Crippen molar-refractivity contribution in [2.75, 3.05) is 0 Å². The lowest BCUT2D eigenvalue weighted by atomic mass is 9.83. The third kappa shape index (κ3) is 5.16. The highest BCUT2D eigenvalue weighted by atomic mass is 14.2. The lowest BCUT2D eigenvalue weighted by Crippen LogP contribution is -1.93. The molecule has 0 atom stereocenters. The van der Waals surface area contributed by atoms with Crippen molar-refractivity contribution < 1.29 is 0 Å². The summed E-state index contributed by atoms with van der Waals surface area (Å²) in [5.41, 5.74) is 12.3. The van der Waals surface area contributed by atoms with Crippen LogP contribution >= 0.6 is 0 Å². The monoisotopic (exact) mass is 732 g/mol. The Morgan fingerprint density at radius 2 is 0.638 bits per heavy atom. The predicted molar refractivity (Wildman–Crippen MR) is 250 cm³/mol. The topological polar surface area (TPSA) is 0 Å². The number of rotatable bonds is 5. The summed E-state index contributed by atoms with van der Waals surface area (Å²) in [4.78, 5) is 0. The molecule has 0 N–H and O–H groups in total. The number of fused-ring (bicyclic) bond motifs is 3. The molecule has 0 bridgehead atoms. The highest BCUT2D eigenvalue weighted by Crippen LogP contribution is 2.47. The van der Waals surface area contributed by atoms with Gasteiger partial charge in [-0.3, -0.25) is 0 Å². The van der Waals surface area contributed by atoms with Crippen LogP contribution in [0.3, 0.4) is 0 Å². The van der Waals surface area contributed by atoms with Crippen molar-refractivity contribution in [3.8, 4) is 55.6 Å². The summed E-state index contributed by atoms with van der Waals surface area (Å²) in [5.74, 6) is 0. The van der Waals surface area contributed by atoms with Gasteiger partial charge in [-0.1, -0.05) is 188 Å². The van der Waals surface area contributed by atoms with Crippen LogP contribution in [0.4, 0.5) is 0 Å². The first-order valence-corrected chi connectivity index (χ1v) is 20.2. The van der Waals surface area contributed by atoms with Crippen LogP contribution in [0.15, 0.2) is 218 Å². The Balaban J connectivity index is 1.15. The second-order valence-electron chi connectivity index (χ2n) is 15.6. The molecule has 0 spiro atoms. The average Bonchev–Trinajstić information content (AvgIpc) is 3.30. The molecule has 0 aliphatic heterocycles. The van der Waals surface area contributed by atoms with Gasteiger partial charge in [0.25, 0.3) is 0 Å². The first-order valence-electron chi connectivity index (χ1n) is 20.2. The Hall–Kier alpha value is -7.54. The smallest absolute Gasteiger partial charge is 0.00206 e. The molecular formula is C58H36. The normalized spacial score (nSPS) is 11.8. The third-order valence-electron chi connectivity index (χ3n) is 12.3. The van der Waals surface area contributed by atoms with Crippen LogP contribution in [0.1, 0.15) is 0 Å². The second kappa shape index (κ2) is 13.0. The molecule has 0 saturated heterocycles. The van der Waals surface area contributed by atoms with E-state index in [1.807, 2.05) is 0 Å². The minimum atomic E-state index is 1.20. The van der Waals surface area contributed by atoms with E-state index in [4.69, 9.17) is 0 Å². The molecule has 0 nitrogen and oxygen atoms in total. The number of benzene rings is 12. The van der Waals surface area contributed by atoms with Gasteiger partial charge in [0.2, 0.25) is 0 Å². The molecule has 268 valence electrons. The van der Waals surface area contributed by atoms with E-state index >= 15 is 0 Å². The van der Waals surface area contributed by atoms with E-state index in [0.717, 1.165) is 0 Å². The van der Waals surface area contributed by atoms with Crippen molar-refractivity contribution in [1.82, 2.24) is 0 Å². The van der Waals surface area contributed by atoms with Gasteiger partial charge in [0.1, 0.15) is 0 Å². The van der Waals surface area contributed by atoms with Gasteiger partial charge in [0.05, 0.1) is 0 Å². The maximum Gasteiger partial charge on any atom is -0.00206 e. The van der Waals surface area contributed by atoms with Gasteiger partial charge in [-0.25, -0.2) is 0 Å². The molecule has 12 aromatic rings. The van der Waals surface area contributed by atoms with E-state index in [-0.39, 0.29) is 0 Å². The molecule has 0 saturated carbocycles. The standard InChI is InChI=1S/C58H36/c1-2-13-38(14-3-1)56-50-20-6-8-22-52(50)57(53-23-9-7-21-51(53)56)48-35-46(44-19-11-18-43(33-44)45-27-24-37-12-4-5-15-42(37)32-45)34-47(36-48)49-30-28-41-26-25-39-16-10-17-40-29-31-54(49)58(41)55(39)40/h1-36H. The summed E-state index contributed by atoms with van der Waals surface area (Å²) in [6.07, 6.45) is 0. The second-order valence-corrected chi connectivity index (χ2v) is 15.6. The molecule has 12 rings (SSSR count). The largest absolute Gasteiger partial charge is 0.0622 e. The summed E-state index contributed by atoms with van der Waals surface area (Å²) in [7, 11) is 0. The minimum absolute atomic E-state index is 1.20. The predicted octanol–water partition coefficient (Wildman–Crippen LogP) is 16.4. The van der Waals surface area contributed by atoms with Crippen LogP contribution in [0.25, 0.3) is 120 Å². The zero-order valence-electron chi connectivity index (χ0n) is 31.8. The fourth-order valence-corrected chi connectivity index (χ4v) is 9.68. The fourth-order valence-electron chi connectivity index (χ4n) is 9.68. The number of hydrogen-bond donors (Lipinski definition) is 0. The summed E-state index contributed by atoms with van der Waals surface area (Å²) in [5, 5.41) is 15.3. The van der Waals surface area contributed by atoms with Gasteiger partial charge >= 0.3 is 0 Å². The van der Waals surface area contributed by atoms with Crippen molar-refractivity contribution in [3.63, 3.8) is 0 Å². The molecule has 12 aromatic carbocycles. The number of hydrogen-bond acceptors (Lipinski definition) is 0. The van der Waals surface area contributed by atoms with E-state index < -0.39 is 0 Å². The lowest BCUT2D eigenvalue weighted by Gasteiger charge is -2.20. The molecule has 0 aliphatic rings. The summed E-state index contributed by atoms with van der Waals surface area (Å²) < 4.78 is 0. The Bertz CT molecular complexity index is 3480. The van der Waals surface area contributed by atoms with Crippen LogP contribution in [-0.4, -0.2) is 0 Å². The molecule has 0 heterocycles. The van der Waals surface area contributed by atoms with Crippen LogP contribution < -0.4 is 0 Å². The van der Waals surface area contributed by atoms with E-state index in [0.29, 0.717) is 0 Å². The molecule has 0 amide bonds. The molecule has 0 radical (unpaired) electrons. The molecule has 0 heteroatoms. The zero-order valence-corrected chi connectivity index (χ0v) is 31.8. The minimum Gasteiger partial charge on any atom is -0.0622 e. The average molecular weight is 733 g/mol. The Labute approximate surface area is 337 Å². The molecule has 0 aromatic heterocycles. The van der Waals surface area contributed by atoms with Gasteiger partial charge in [-0.05, 0) is 151 Å². The van der Waals surface area contributed by atoms with Crippen molar-refractivity contribution in [3.05, 3.63) is 218 Å². The first kappa shape index (κ1) is 32.7. The van der Waals surface area contributed by atoms with Gasteiger partial charge in [0.15, 0.2) is 0 Å². The molecule has 0 aliphatic carbocycles. The Morgan fingerprint density at radius 1 is 0.190 bits per heavy atom. The SMILES string of the molecule is c1ccc(-c2c3ccccc3c(-c3cc(-c4cccc(-c5ccc6ccccc6c5)c4)cc(-c4ccc5ccc6cccc7ccc4c5c67)c3)c3ccccc23)cc1. The quantitative estimate of drug-likeness (QED) is 0.122. The zero-order chi connectivity index (χ0) is 38.2. The van der Waals surface area contributed by atoms with Crippen LogP contribution in [0.5, 0.6) is 0 Å². The first-order chi connectivity index (χ1) is 28.7. The van der Waals surface area contributed by atoms with Crippen LogP contribution in [0, 0.1) is 0 Å². The van der Waals surface area contributed by atoms with Gasteiger partial charge in [-0.15, -0.1) is 0 Å². The third-order valence-corrected chi connectivity index (χ3v) is 12.3. The highest BCUT2D eigenvalue weighted by Gasteiger charge is 2.19. The molecular weight excluding hydrogens is 697 g/mol. The molecule has 0 unspecified atom stereocenters. The molecule has 58 heavy (non-hydrogen) atoms. The van der Waals surface area contributed by atoms with E-state index in [1.165, 1.54) is 120 Å². The maximum absolute atomic E-state index is 2.44. The Morgan fingerprint density at radius 3 is 1.36 bits per heavy atom. The summed E-state index contributed by atoms with van der Waals surface area (Å²) in [6.45, 7) is 0. The Kier molecular flexibility index (Phi) is 7.33. The van der Waals surface area contributed by atoms with Gasteiger partial charge in [0, 0.05) is 0 Å². The van der Waals surface area contributed by atoms with Crippen molar-refractivity contribution in [2.24, 2.45) is 0 Å². The van der Waals surface area contributed by atoms with Gasteiger partial charge < -0.3 is 0 Å². The van der Waals surface area contributed by atoms with E-state index in [9.17, 15) is 0 Å². The van der Waals surface area contributed by atoms with Crippen molar-refractivity contribution in [1.29, 1.82) is 0 Å². The molecule has 0 fully saturated rings. The summed E-state index contributed by atoms with van der Waals surface area (Å²) in [6, 6.07) is 81.1. The van der Waals surface area contributed by atoms with E-state index in [1.54, 1.807) is 0 Å². The van der Waals surface area contributed by atoms with Gasteiger partial charge in [-0.2, -0.15) is 0 Å². The van der Waals surface area contributed by atoms with Crippen molar-refractivity contribution >= 4 is 64.6 Å². The summed E-state index contributed by atoms with van der Waals surface area (Å²) >= 11 is 0. The highest BCUT2D eigenvalue weighted by molar-refractivity contribution is 6.26. The lowest BCUT2D eigenvalue weighted by molar-refractivity contribution is 1.58. The van der Waals surface area contributed by atoms with Crippen LogP contribution in [0.2, 0.25) is 0 Å². The van der Waals surface area contributed by atoms with E-state index in [2.05, 4.69) is 218 Å².